The zero-order chi connectivity index (χ0) is 16.0. The molecule has 0 saturated carbocycles. The van der Waals surface area contributed by atoms with E-state index in [0.29, 0.717) is 13.1 Å². The molecule has 3 N–H and O–H groups in total. The summed E-state index contributed by atoms with van der Waals surface area (Å²) >= 11 is 0. The molecular formula is C14H21N3O4S. The van der Waals surface area contributed by atoms with Crippen LogP contribution >= 0.6 is 0 Å². The number of ether oxygens (including phenoxy) is 1. The summed E-state index contributed by atoms with van der Waals surface area (Å²) in [4.78, 5) is 11.9. The van der Waals surface area contributed by atoms with Crippen LogP contribution in [0.3, 0.4) is 0 Å². The van der Waals surface area contributed by atoms with E-state index in [9.17, 15) is 13.2 Å². The molecule has 122 valence electrons. The first kappa shape index (κ1) is 16.7. The van der Waals surface area contributed by atoms with Crippen LogP contribution < -0.4 is 15.4 Å². The number of carbonyl (C=O) groups is 1. The maximum Gasteiger partial charge on any atom is 0.315 e. The lowest BCUT2D eigenvalue weighted by Crippen LogP contribution is -2.39. The number of carbonyl (C=O) groups excluding carboxylic acids is 1. The quantitative estimate of drug-likeness (QED) is 0.712. The van der Waals surface area contributed by atoms with Crippen molar-refractivity contribution in [1.29, 1.82) is 0 Å². The van der Waals surface area contributed by atoms with Gasteiger partial charge in [0.25, 0.3) is 0 Å². The SMILES string of the molecule is CNS(=O)(=O)c1ccc(CNC(=O)NCC2CCCO2)cc1. The van der Waals surface area contributed by atoms with E-state index in [0.717, 1.165) is 25.0 Å². The number of urea groups is 1. The minimum atomic E-state index is -3.43. The third kappa shape index (κ3) is 4.69. The molecule has 1 aliphatic heterocycles. The molecule has 1 aliphatic rings. The number of rotatable bonds is 6. The minimum absolute atomic E-state index is 0.108. The number of benzene rings is 1. The highest BCUT2D eigenvalue weighted by Crippen LogP contribution is 2.11. The third-order valence-corrected chi connectivity index (χ3v) is 4.90. The van der Waals surface area contributed by atoms with Gasteiger partial charge in [0.05, 0.1) is 11.0 Å². The molecular weight excluding hydrogens is 306 g/mol. The highest BCUT2D eigenvalue weighted by Gasteiger charge is 2.16. The molecule has 1 heterocycles. The molecule has 0 bridgehead atoms. The lowest BCUT2D eigenvalue weighted by molar-refractivity contribution is 0.111. The van der Waals surface area contributed by atoms with E-state index in [1.165, 1.54) is 19.2 Å². The van der Waals surface area contributed by atoms with Crippen LogP contribution in [0.2, 0.25) is 0 Å². The molecule has 0 spiro atoms. The molecule has 1 aromatic carbocycles. The molecule has 2 amide bonds. The maximum absolute atomic E-state index is 11.7. The summed E-state index contributed by atoms with van der Waals surface area (Å²) in [7, 11) is -2.06. The second-order valence-corrected chi connectivity index (χ2v) is 6.94. The molecule has 2 rings (SSSR count). The van der Waals surface area contributed by atoms with Gasteiger partial charge in [-0.25, -0.2) is 17.9 Å². The van der Waals surface area contributed by atoms with Gasteiger partial charge in [0.15, 0.2) is 0 Å². The monoisotopic (exact) mass is 327 g/mol. The van der Waals surface area contributed by atoms with E-state index in [-0.39, 0.29) is 17.0 Å². The third-order valence-electron chi connectivity index (χ3n) is 3.47. The fraction of sp³-hybridized carbons (Fsp3) is 0.500. The molecule has 1 aromatic rings. The van der Waals surface area contributed by atoms with E-state index in [4.69, 9.17) is 4.74 Å². The van der Waals surface area contributed by atoms with Crippen molar-refractivity contribution in [2.24, 2.45) is 0 Å². The molecule has 1 fully saturated rings. The van der Waals surface area contributed by atoms with Crippen molar-refractivity contribution in [3.63, 3.8) is 0 Å². The van der Waals surface area contributed by atoms with Crippen molar-refractivity contribution >= 4 is 16.1 Å². The van der Waals surface area contributed by atoms with Gasteiger partial charge in [-0.15, -0.1) is 0 Å². The van der Waals surface area contributed by atoms with Crippen molar-refractivity contribution in [2.45, 2.75) is 30.4 Å². The summed E-state index contributed by atoms with van der Waals surface area (Å²) in [5.74, 6) is 0. The van der Waals surface area contributed by atoms with Gasteiger partial charge < -0.3 is 15.4 Å². The highest BCUT2D eigenvalue weighted by atomic mass is 32.2. The Labute approximate surface area is 130 Å². The number of sulfonamides is 1. The van der Waals surface area contributed by atoms with Gasteiger partial charge in [-0.3, -0.25) is 0 Å². The second kappa shape index (κ2) is 7.57. The Morgan fingerprint density at radius 3 is 2.59 bits per heavy atom. The van der Waals surface area contributed by atoms with Gasteiger partial charge in [0.2, 0.25) is 10.0 Å². The average Bonchev–Trinajstić information content (AvgIpc) is 3.05. The second-order valence-electron chi connectivity index (χ2n) is 5.05. The van der Waals surface area contributed by atoms with Crippen LogP contribution in [-0.4, -0.2) is 40.8 Å². The molecule has 1 atom stereocenters. The molecule has 0 radical (unpaired) electrons. The Kier molecular flexibility index (Phi) is 5.76. The van der Waals surface area contributed by atoms with E-state index in [1.54, 1.807) is 12.1 Å². The summed E-state index contributed by atoms with van der Waals surface area (Å²) in [5.41, 5.74) is 0.822. The van der Waals surface area contributed by atoms with Crippen molar-refractivity contribution < 1.29 is 17.9 Å². The van der Waals surface area contributed by atoms with Gasteiger partial charge in [-0.05, 0) is 37.6 Å². The molecule has 1 saturated heterocycles. The molecule has 7 nitrogen and oxygen atoms in total. The fourth-order valence-electron chi connectivity index (χ4n) is 2.16. The van der Waals surface area contributed by atoms with E-state index in [2.05, 4.69) is 15.4 Å². The summed E-state index contributed by atoms with van der Waals surface area (Å²) in [6.07, 6.45) is 2.12. The average molecular weight is 327 g/mol. The number of hydrogen-bond acceptors (Lipinski definition) is 4. The largest absolute Gasteiger partial charge is 0.376 e. The lowest BCUT2D eigenvalue weighted by atomic mass is 10.2. The van der Waals surface area contributed by atoms with E-state index in [1.807, 2.05) is 0 Å². The lowest BCUT2D eigenvalue weighted by Gasteiger charge is -2.12. The number of amides is 2. The van der Waals surface area contributed by atoms with E-state index >= 15 is 0 Å². The van der Waals surface area contributed by atoms with Crippen LogP contribution in [0.15, 0.2) is 29.2 Å². The summed E-state index contributed by atoms with van der Waals surface area (Å²) in [6, 6.07) is 6.09. The fourth-order valence-corrected chi connectivity index (χ4v) is 2.89. The highest BCUT2D eigenvalue weighted by molar-refractivity contribution is 7.89. The Morgan fingerprint density at radius 2 is 2.00 bits per heavy atom. The van der Waals surface area contributed by atoms with E-state index < -0.39 is 10.0 Å². The van der Waals surface area contributed by atoms with Crippen molar-refractivity contribution in [3.8, 4) is 0 Å². The molecule has 1 unspecified atom stereocenters. The van der Waals surface area contributed by atoms with Crippen LogP contribution in [0.4, 0.5) is 4.79 Å². The smallest absolute Gasteiger partial charge is 0.315 e. The topological polar surface area (TPSA) is 96.5 Å². The van der Waals surface area contributed by atoms with Crippen LogP contribution in [0, 0.1) is 0 Å². The standard InChI is InChI=1S/C14H21N3O4S/c1-15-22(19,20)13-6-4-11(5-7-13)9-16-14(18)17-10-12-3-2-8-21-12/h4-7,12,15H,2-3,8-10H2,1H3,(H2,16,17,18). The van der Waals surface area contributed by atoms with Crippen molar-refractivity contribution in [1.82, 2.24) is 15.4 Å². The minimum Gasteiger partial charge on any atom is -0.376 e. The zero-order valence-electron chi connectivity index (χ0n) is 12.5. The first-order chi connectivity index (χ1) is 10.5. The molecule has 22 heavy (non-hydrogen) atoms. The van der Waals surface area contributed by atoms with Gasteiger partial charge in [0.1, 0.15) is 0 Å². The number of nitrogens with one attached hydrogen (secondary N) is 3. The Hall–Kier alpha value is -1.64. The Balaban J connectivity index is 1.77. The van der Waals surface area contributed by atoms with Crippen LogP contribution in [0.1, 0.15) is 18.4 Å². The van der Waals surface area contributed by atoms with Gasteiger partial charge >= 0.3 is 6.03 Å². The first-order valence-electron chi connectivity index (χ1n) is 7.17. The van der Waals surface area contributed by atoms with Crippen LogP contribution in [-0.2, 0) is 21.3 Å². The Morgan fingerprint density at radius 1 is 1.27 bits per heavy atom. The maximum atomic E-state index is 11.7. The van der Waals surface area contributed by atoms with Gasteiger partial charge in [0, 0.05) is 19.7 Å². The van der Waals surface area contributed by atoms with Crippen LogP contribution in [0.5, 0.6) is 0 Å². The molecule has 0 aromatic heterocycles. The first-order valence-corrected chi connectivity index (χ1v) is 8.65. The van der Waals surface area contributed by atoms with Crippen molar-refractivity contribution in [3.05, 3.63) is 29.8 Å². The molecule has 8 heteroatoms. The predicted octanol–water partition coefficient (Wildman–Crippen LogP) is 0.573. The Bertz CT molecular complexity index is 595. The summed E-state index contributed by atoms with van der Waals surface area (Å²) < 4.78 is 30.8. The normalized spacial score (nSPS) is 18.1. The summed E-state index contributed by atoms with van der Waals surface area (Å²) in [5, 5.41) is 5.48. The predicted molar refractivity (Wildman–Crippen MR) is 81.9 cm³/mol. The zero-order valence-corrected chi connectivity index (χ0v) is 13.3. The van der Waals surface area contributed by atoms with Crippen molar-refractivity contribution in [2.75, 3.05) is 20.2 Å². The van der Waals surface area contributed by atoms with Gasteiger partial charge in [-0.2, -0.15) is 0 Å². The van der Waals surface area contributed by atoms with Crippen LogP contribution in [0.25, 0.3) is 0 Å². The summed E-state index contributed by atoms with van der Waals surface area (Å²) in [6.45, 7) is 1.60. The molecule has 0 aliphatic carbocycles. The van der Waals surface area contributed by atoms with Gasteiger partial charge in [-0.1, -0.05) is 12.1 Å². The number of hydrogen-bond donors (Lipinski definition) is 3.